The molecule has 0 aliphatic carbocycles. The molecule has 0 saturated carbocycles. The fourth-order valence-electron chi connectivity index (χ4n) is 1.99. The molecule has 0 N–H and O–H groups in total. The number of hydrogen-bond donors (Lipinski definition) is 0. The monoisotopic (exact) mass is 203 g/mol. The molecule has 0 radical (unpaired) electrons. The largest absolute Gasteiger partial charge is 0.217 e. The van der Waals surface area contributed by atoms with Crippen LogP contribution < -0.4 is 0 Å². The van der Waals surface area contributed by atoms with Crippen LogP contribution in [0.25, 0.3) is 5.52 Å². The molecule has 0 spiro atoms. The second-order valence-electron chi connectivity index (χ2n) is 4.55. The Bertz CT molecular complexity index is 469. The molecule has 0 saturated heterocycles. The number of nitrogens with zero attached hydrogens (tertiary/aromatic N) is 3. The van der Waals surface area contributed by atoms with Gasteiger partial charge in [0.15, 0.2) is 0 Å². The minimum Gasteiger partial charge on any atom is -0.217 e. The number of aromatic nitrogens is 3. The highest BCUT2D eigenvalue weighted by atomic mass is 15.4. The van der Waals surface area contributed by atoms with Crippen LogP contribution in [0.1, 0.15) is 50.8 Å². The van der Waals surface area contributed by atoms with Crippen molar-refractivity contribution in [1.29, 1.82) is 0 Å². The highest BCUT2D eigenvalue weighted by Crippen LogP contribution is 2.26. The van der Waals surface area contributed by atoms with Crippen molar-refractivity contribution in [3.63, 3.8) is 0 Å². The van der Waals surface area contributed by atoms with Gasteiger partial charge in [-0.05, 0) is 23.5 Å². The van der Waals surface area contributed by atoms with Crippen molar-refractivity contribution in [2.45, 2.75) is 39.5 Å². The number of fused-ring (bicyclic) bond motifs is 1. The van der Waals surface area contributed by atoms with Crippen molar-refractivity contribution in [1.82, 2.24) is 14.8 Å². The van der Waals surface area contributed by atoms with Gasteiger partial charge in [0.25, 0.3) is 0 Å². The molecule has 0 amide bonds. The molecule has 2 aromatic rings. The first kappa shape index (κ1) is 10.1. The van der Waals surface area contributed by atoms with Gasteiger partial charge in [0.05, 0.1) is 17.4 Å². The van der Waals surface area contributed by atoms with Crippen molar-refractivity contribution in [2.75, 3.05) is 0 Å². The normalized spacial score (nSPS) is 11.9. The summed E-state index contributed by atoms with van der Waals surface area (Å²) >= 11 is 0. The summed E-state index contributed by atoms with van der Waals surface area (Å²) in [4.78, 5) is 0. The number of rotatable bonds is 2. The minimum absolute atomic E-state index is 0.466. The molecule has 0 aromatic carbocycles. The maximum absolute atomic E-state index is 4.15. The van der Waals surface area contributed by atoms with E-state index in [1.165, 1.54) is 11.3 Å². The predicted octanol–water partition coefficient (Wildman–Crippen LogP) is 2.98. The van der Waals surface area contributed by atoms with E-state index in [-0.39, 0.29) is 0 Å². The molecule has 0 atom stereocenters. The van der Waals surface area contributed by atoms with E-state index in [9.17, 15) is 0 Å². The van der Waals surface area contributed by atoms with Crippen LogP contribution in [-0.4, -0.2) is 14.8 Å². The molecule has 3 heteroatoms. The number of hydrogen-bond acceptors (Lipinski definition) is 2. The third-order valence-corrected chi connectivity index (χ3v) is 2.70. The Morgan fingerprint density at radius 1 is 1.07 bits per heavy atom. The van der Waals surface area contributed by atoms with E-state index in [2.05, 4.69) is 50.1 Å². The molecule has 0 fully saturated rings. The smallest absolute Gasteiger partial charge is 0.0868 e. The van der Waals surface area contributed by atoms with Gasteiger partial charge in [-0.1, -0.05) is 39.0 Å². The van der Waals surface area contributed by atoms with Crippen LogP contribution in [-0.2, 0) is 0 Å². The van der Waals surface area contributed by atoms with Crippen LogP contribution in [0, 0.1) is 0 Å². The predicted molar refractivity (Wildman–Crippen MR) is 61.2 cm³/mol. The zero-order chi connectivity index (χ0) is 11.0. The first-order valence-corrected chi connectivity index (χ1v) is 5.44. The van der Waals surface area contributed by atoms with E-state index >= 15 is 0 Å². The van der Waals surface area contributed by atoms with Gasteiger partial charge in [-0.15, -0.1) is 5.10 Å². The average Bonchev–Trinajstić information content (AvgIpc) is 2.62. The molecule has 0 aliphatic heterocycles. The molecule has 0 aliphatic rings. The van der Waals surface area contributed by atoms with Crippen LogP contribution in [0.15, 0.2) is 18.3 Å². The lowest BCUT2D eigenvalue weighted by molar-refractivity contribution is 0.694. The molecular weight excluding hydrogens is 186 g/mol. The zero-order valence-corrected chi connectivity index (χ0v) is 9.73. The van der Waals surface area contributed by atoms with Gasteiger partial charge in [-0.2, -0.15) is 0 Å². The van der Waals surface area contributed by atoms with Gasteiger partial charge < -0.3 is 0 Å². The highest BCUT2D eigenvalue weighted by molar-refractivity contribution is 5.47. The lowest BCUT2D eigenvalue weighted by Crippen LogP contribution is -2.07. The summed E-state index contributed by atoms with van der Waals surface area (Å²) in [5.74, 6) is 0.990. The fraction of sp³-hybridized carbons (Fsp3) is 0.500. The van der Waals surface area contributed by atoms with Gasteiger partial charge in [-0.3, -0.25) is 0 Å². The molecule has 2 rings (SSSR count). The van der Waals surface area contributed by atoms with Gasteiger partial charge in [0.1, 0.15) is 0 Å². The standard InChI is InChI=1S/C12H17N3/c1-8(2)11-6-5-10-7-13-14-15(10)12(11)9(3)4/h5-9H,1-4H3. The highest BCUT2D eigenvalue weighted by Gasteiger charge is 2.14. The summed E-state index contributed by atoms with van der Waals surface area (Å²) < 4.78 is 1.96. The van der Waals surface area contributed by atoms with E-state index in [1.807, 2.05) is 4.52 Å². The average molecular weight is 203 g/mol. The van der Waals surface area contributed by atoms with E-state index in [1.54, 1.807) is 6.20 Å². The second kappa shape index (κ2) is 3.65. The Morgan fingerprint density at radius 2 is 1.80 bits per heavy atom. The summed E-state index contributed by atoms with van der Waals surface area (Å²) in [5, 5.41) is 8.11. The Hall–Kier alpha value is -1.38. The first-order valence-electron chi connectivity index (χ1n) is 5.44. The maximum Gasteiger partial charge on any atom is 0.0868 e. The molecule has 15 heavy (non-hydrogen) atoms. The van der Waals surface area contributed by atoms with Crippen LogP contribution in [0.5, 0.6) is 0 Å². The number of pyridine rings is 1. The van der Waals surface area contributed by atoms with Gasteiger partial charge in [0, 0.05) is 0 Å². The summed E-state index contributed by atoms with van der Waals surface area (Å²) in [6.45, 7) is 8.82. The topological polar surface area (TPSA) is 30.2 Å². The van der Waals surface area contributed by atoms with Crippen LogP contribution in [0.2, 0.25) is 0 Å². The van der Waals surface area contributed by atoms with E-state index in [0.29, 0.717) is 11.8 Å². The quantitative estimate of drug-likeness (QED) is 0.751. The summed E-state index contributed by atoms with van der Waals surface area (Å²) in [6, 6.07) is 4.28. The fourth-order valence-corrected chi connectivity index (χ4v) is 1.99. The van der Waals surface area contributed by atoms with Crippen molar-refractivity contribution < 1.29 is 0 Å². The molecular formula is C12H17N3. The Morgan fingerprint density at radius 3 is 2.40 bits per heavy atom. The van der Waals surface area contributed by atoms with E-state index < -0.39 is 0 Å². The summed E-state index contributed by atoms with van der Waals surface area (Å²) in [5.41, 5.74) is 3.71. The summed E-state index contributed by atoms with van der Waals surface area (Å²) in [7, 11) is 0. The van der Waals surface area contributed by atoms with Crippen molar-refractivity contribution in [3.8, 4) is 0 Å². The van der Waals surface area contributed by atoms with E-state index in [0.717, 1.165) is 5.52 Å². The molecule has 0 bridgehead atoms. The third kappa shape index (κ3) is 1.62. The first-order chi connectivity index (χ1) is 7.11. The molecule has 0 unspecified atom stereocenters. The Kier molecular flexibility index (Phi) is 2.47. The molecule has 2 heterocycles. The Labute approximate surface area is 90.1 Å². The van der Waals surface area contributed by atoms with Crippen LogP contribution >= 0.6 is 0 Å². The van der Waals surface area contributed by atoms with Crippen LogP contribution in [0.4, 0.5) is 0 Å². The lowest BCUT2D eigenvalue weighted by Gasteiger charge is -2.16. The van der Waals surface area contributed by atoms with Gasteiger partial charge >= 0.3 is 0 Å². The lowest BCUT2D eigenvalue weighted by atomic mass is 9.95. The zero-order valence-electron chi connectivity index (χ0n) is 9.73. The second-order valence-corrected chi connectivity index (χ2v) is 4.55. The third-order valence-electron chi connectivity index (χ3n) is 2.70. The van der Waals surface area contributed by atoms with Gasteiger partial charge in [-0.25, -0.2) is 4.52 Å². The molecule has 2 aromatic heterocycles. The molecule has 80 valence electrons. The summed E-state index contributed by atoms with van der Waals surface area (Å²) in [6.07, 6.45) is 1.80. The minimum atomic E-state index is 0.466. The van der Waals surface area contributed by atoms with E-state index in [4.69, 9.17) is 0 Å². The van der Waals surface area contributed by atoms with Crippen molar-refractivity contribution in [3.05, 3.63) is 29.6 Å². The van der Waals surface area contributed by atoms with Crippen LogP contribution in [0.3, 0.4) is 0 Å². The Balaban J connectivity index is 2.75. The van der Waals surface area contributed by atoms with Gasteiger partial charge in [0.2, 0.25) is 0 Å². The SMILES string of the molecule is CC(C)c1ccc2cnnn2c1C(C)C. The molecule has 3 nitrogen and oxygen atoms in total. The maximum atomic E-state index is 4.15. The van der Waals surface area contributed by atoms with Crippen molar-refractivity contribution >= 4 is 5.52 Å². The van der Waals surface area contributed by atoms with Crippen molar-refractivity contribution in [2.24, 2.45) is 0 Å².